The number of nitrogens with one attached hydrogen (secondary N) is 3. The fourth-order valence-electron chi connectivity index (χ4n) is 3.30. The van der Waals surface area contributed by atoms with E-state index >= 15 is 0 Å². The number of benzene rings is 2. The monoisotopic (exact) mass is 409 g/mol. The summed E-state index contributed by atoms with van der Waals surface area (Å²) in [5, 5.41) is 8.05. The van der Waals surface area contributed by atoms with E-state index in [0.717, 1.165) is 19.6 Å². The van der Waals surface area contributed by atoms with Gasteiger partial charge in [0.25, 0.3) is 0 Å². The second kappa shape index (κ2) is 10.4. The van der Waals surface area contributed by atoms with E-state index in [1.54, 1.807) is 29.2 Å². The van der Waals surface area contributed by atoms with Crippen molar-refractivity contribution < 1.29 is 14.4 Å². The highest BCUT2D eigenvalue weighted by Gasteiger charge is 2.21. The van der Waals surface area contributed by atoms with Gasteiger partial charge in [-0.2, -0.15) is 0 Å². The molecule has 0 spiro atoms. The number of carbonyl (C=O) groups is 3. The summed E-state index contributed by atoms with van der Waals surface area (Å²) in [6, 6.07) is 16.9. The molecule has 30 heavy (non-hydrogen) atoms. The van der Waals surface area contributed by atoms with Gasteiger partial charge in [0.15, 0.2) is 0 Å². The van der Waals surface area contributed by atoms with Crippen molar-refractivity contribution in [3.8, 4) is 0 Å². The minimum absolute atomic E-state index is 0.118. The first-order valence-corrected chi connectivity index (χ1v) is 9.96. The van der Waals surface area contributed by atoms with E-state index in [2.05, 4.69) is 33.0 Å². The molecular weight excluding hydrogens is 382 g/mol. The van der Waals surface area contributed by atoms with Gasteiger partial charge in [0, 0.05) is 51.0 Å². The molecule has 1 saturated heterocycles. The molecule has 2 aromatic rings. The molecule has 0 aliphatic carbocycles. The van der Waals surface area contributed by atoms with E-state index in [4.69, 9.17) is 0 Å². The van der Waals surface area contributed by atoms with Gasteiger partial charge in [-0.1, -0.05) is 36.4 Å². The van der Waals surface area contributed by atoms with Gasteiger partial charge in [-0.05, 0) is 23.8 Å². The maximum atomic E-state index is 12.4. The Morgan fingerprint density at radius 3 is 2.20 bits per heavy atom. The first-order valence-electron chi connectivity index (χ1n) is 9.96. The molecule has 0 aromatic heterocycles. The van der Waals surface area contributed by atoms with Crippen LogP contribution in [0.3, 0.4) is 0 Å². The zero-order valence-electron chi connectivity index (χ0n) is 17.1. The molecule has 4 amide bonds. The number of carbonyl (C=O) groups excluding carboxylic acids is 3. The maximum Gasteiger partial charge on any atom is 0.317 e. The minimum Gasteiger partial charge on any atom is -0.329 e. The Hall–Kier alpha value is -3.39. The molecule has 1 heterocycles. The topological polar surface area (TPSA) is 93.8 Å². The predicted octanol–water partition coefficient (Wildman–Crippen LogP) is 2.11. The largest absolute Gasteiger partial charge is 0.329 e. The van der Waals surface area contributed by atoms with Crippen LogP contribution in [-0.2, 0) is 16.1 Å². The van der Waals surface area contributed by atoms with Crippen molar-refractivity contribution in [2.45, 2.75) is 13.5 Å². The van der Waals surface area contributed by atoms with Gasteiger partial charge < -0.3 is 20.9 Å². The molecule has 1 aliphatic rings. The molecule has 3 rings (SSSR count). The van der Waals surface area contributed by atoms with Gasteiger partial charge in [-0.3, -0.25) is 14.5 Å². The molecule has 8 nitrogen and oxygen atoms in total. The molecule has 1 aliphatic heterocycles. The van der Waals surface area contributed by atoms with Crippen LogP contribution in [0.2, 0.25) is 0 Å². The molecule has 8 heteroatoms. The smallest absolute Gasteiger partial charge is 0.317 e. The number of urea groups is 1. The first-order chi connectivity index (χ1) is 14.5. The summed E-state index contributed by atoms with van der Waals surface area (Å²) in [6.45, 7) is 5.01. The van der Waals surface area contributed by atoms with E-state index in [-0.39, 0.29) is 24.4 Å². The summed E-state index contributed by atoms with van der Waals surface area (Å²) >= 11 is 0. The fraction of sp³-hybridized carbons (Fsp3) is 0.318. The number of hydrogen-bond acceptors (Lipinski definition) is 4. The van der Waals surface area contributed by atoms with E-state index < -0.39 is 0 Å². The Morgan fingerprint density at radius 1 is 0.867 bits per heavy atom. The van der Waals surface area contributed by atoms with Crippen molar-refractivity contribution in [2.75, 3.05) is 43.4 Å². The number of amides is 4. The minimum atomic E-state index is -0.328. The zero-order valence-corrected chi connectivity index (χ0v) is 17.1. The van der Waals surface area contributed by atoms with Crippen LogP contribution in [0.1, 0.15) is 12.5 Å². The average Bonchev–Trinajstić information content (AvgIpc) is 2.73. The number of piperazine rings is 1. The zero-order chi connectivity index (χ0) is 21.3. The maximum absolute atomic E-state index is 12.4. The van der Waals surface area contributed by atoms with Crippen LogP contribution >= 0.6 is 0 Å². The van der Waals surface area contributed by atoms with Gasteiger partial charge in [-0.25, -0.2) is 4.79 Å². The lowest BCUT2D eigenvalue weighted by Crippen LogP contribution is -2.52. The van der Waals surface area contributed by atoms with Crippen molar-refractivity contribution in [3.05, 3.63) is 60.2 Å². The van der Waals surface area contributed by atoms with Crippen molar-refractivity contribution in [3.63, 3.8) is 0 Å². The summed E-state index contributed by atoms with van der Waals surface area (Å²) in [6.07, 6.45) is 0. The average molecular weight is 409 g/mol. The van der Waals surface area contributed by atoms with Crippen LogP contribution in [0.25, 0.3) is 0 Å². The highest BCUT2D eigenvalue weighted by Crippen LogP contribution is 2.15. The van der Waals surface area contributed by atoms with Crippen LogP contribution in [0.4, 0.5) is 16.2 Å². The summed E-state index contributed by atoms with van der Waals surface area (Å²) < 4.78 is 0. The molecule has 3 N–H and O–H groups in total. The first kappa shape index (κ1) is 21.3. The van der Waals surface area contributed by atoms with Gasteiger partial charge in [0.05, 0.1) is 6.54 Å². The van der Waals surface area contributed by atoms with Crippen molar-refractivity contribution in [2.24, 2.45) is 0 Å². The number of hydrogen-bond donors (Lipinski definition) is 3. The molecule has 0 bridgehead atoms. The lowest BCUT2D eigenvalue weighted by atomic mass is 10.2. The highest BCUT2D eigenvalue weighted by atomic mass is 16.2. The van der Waals surface area contributed by atoms with Crippen molar-refractivity contribution in [1.29, 1.82) is 0 Å². The van der Waals surface area contributed by atoms with Gasteiger partial charge in [-0.15, -0.1) is 0 Å². The third-order valence-electron chi connectivity index (χ3n) is 4.78. The predicted molar refractivity (Wildman–Crippen MR) is 116 cm³/mol. The summed E-state index contributed by atoms with van der Waals surface area (Å²) in [5.41, 5.74) is 2.40. The van der Waals surface area contributed by atoms with Crippen LogP contribution in [0.5, 0.6) is 0 Å². The van der Waals surface area contributed by atoms with Crippen LogP contribution in [0.15, 0.2) is 54.6 Å². The molecule has 2 aromatic carbocycles. The number of rotatable bonds is 6. The van der Waals surface area contributed by atoms with Crippen molar-refractivity contribution in [1.82, 2.24) is 15.1 Å². The van der Waals surface area contributed by atoms with E-state index in [1.807, 2.05) is 18.2 Å². The Labute approximate surface area is 176 Å². The molecule has 0 atom stereocenters. The molecule has 1 fully saturated rings. The Bertz CT molecular complexity index is 879. The van der Waals surface area contributed by atoms with Gasteiger partial charge >= 0.3 is 6.03 Å². The molecule has 0 radical (unpaired) electrons. The highest BCUT2D eigenvalue weighted by molar-refractivity contribution is 5.95. The molecular formula is C22H27N5O3. The number of anilines is 2. The lowest BCUT2D eigenvalue weighted by Gasteiger charge is -2.34. The second-order valence-corrected chi connectivity index (χ2v) is 7.22. The fourth-order valence-corrected chi connectivity index (χ4v) is 3.30. The molecule has 0 unspecified atom stereocenters. The Kier molecular flexibility index (Phi) is 7.40. The standard InChI is InChI=1S/C22H27N5O3/c1-17(28)24-19-8-5-9-20(14-19)25-21(29)15-23-22(30)27-12-10-26(11-13-27)16-18-6-3-2-4-7-18/h2-9,14H,10-13,15-16H2,1H3,(H,23,30)(H,24,28)(H,25,29). The quantitative estimate of drug-likeness (QED) is 0.681. The third-order valence-corrected chi connectivity index (χ3v) is 4.78. The Morgan fingerprint density at radius 2 is 1.53 bits per heavy atom. The molecule has 0 saturated carbocycles. The second-order valence-electron chi connectivity index (χ2n) is 7.22. The van der Waals surface area contributed by atoms with E-state index in [1.165, 1.54) is 12.5 Å². The van der Waals surface area contributed by atoms with Crippen LogP contribution in [0, 0.1) is 0 Å². The normalized spacial score (nSPS) is 14.1. The SMILES string of the molecule is CC(=O)Nc1cccc(NC(=O)CNC(=O)N2CCN(Cc3ccccc3)CC2)c1. The van der Waals surface area contributed by atoms with Gasteiger partial charge in [0.1, 0.15) is 0 Å². The summed E-state index contributed by atoms with van der Waals surface area (Å²) in [5.74, 6) is -0.513. The summed E-state index contributed by atoms with van der Waals surface area (Å²) in [4.78, 5) is 39.7. The van der Waals surface area contributed by atoms with Crippen molar-refractivity contribution >= 4 is 29.2 Å². The van der Waals surface area contributed by atoms with Gasteiger partial charge in [0.2, 0.25) is 11.8 Å². The third kappa shape index (κ3) is 6.59. The Balaban J connectivity index is 1.39. The molecule has 158 valence electrons. The van der Waals surface area contributed by atoms with Crippen LogP contribution < -0.4 is 16.0 Å². The number of nitrogens with zero attached hydrogens (tertiary/aromatic N) is 2. The van der Waals surface area contributed by atoms with E-state index in [9.17, 15) is 14.4 Å². The lowest BCUT2D eigenvalue weighted by molar-refractivity contribution is -0.115. The van der Waals surface area contributed by atoms with E-state index in [0.29, 0.717) is 24.5 Å². The summed E-state index contributed by atoms with van der Waals surface area (Å²) in [7, 11) is 0. The van der Waals surface area contributed by atoms with Crippen LogP contribution in [-0.4, -0.2) is 60.4 Å².